The third-order valence-corrected chi connectivity index (χ3v) is 2.77. The average Bonchev–Trinajstić information content (AvgIpc) is 3.11. The predicted molar refractivity (Wildman–Crippen MR) is 61.5 cm³/mol. The van der Waals surface area contributed by atoms with Crippen LogP contribution in [0.15, 0.2) is 18.5 Å². The molecule has 1 aromatic heterocycles. The summed E-state index contributed by atoms with van der Waals surface area (Å²) >= 11 is 0. The van der Waals surface area contributed by atoms with Gasteiger partial charge >= 0.3 is 0 Å². The lowest BCUT2D eigenvalue weighted by atomic mass is 10.1. The Morgan fingerprint density at radius 2 is 2.31 bits per heavy atom. The zero-order valence-electron chi connectivity index (χ0n) is 9.61. The second kappa shape index (κ2) is 5.10. The van der Waals surface area contributed by atoms with E-state index < -0.39 is 0 Å². The molecule has 0 amide bonds. The highest BCUT2D eigenvalue weighted by atomic mass is 16.5. The Morgan fingerprint density at radius 3 is 3.00 bits per heavy atom. The lowest BCUT2D eigenvalue weighted by Gasteiger charge is -2.04. The van der Waals surface area contributed by atoms with Gasteiger partial charge in [-0.3, -0.25) is 9.78 Å². The van der Waals surface area contributed by atoms with Crippen LogP contribution in [-0.4, -0.2) is 17.4 Å². The molecule has 0 aromatic carbocycles. The summed E-state index contributed by atoms with van der Waals surface area (Å²) in [5, 5.41) is 0. The number of rotatable bonds is 6. The van der Waals surface area contributed by atoms with Crippen LogP contribution in [0.4, 0.5) is 0 Å². The maximum atomic E-state index is 11.5. The van der Waals surface area contributed by atoms with Crippen LogP contribution in [0.2, 0.25) is 0 Å². The second-order valence-corrected chi connectivity index (χ2v) is 4.20. The van der Waals surface area contributed by atoms with Gasteiger partial charge in [0.1, 0.15) is 11.5 Å². The van der Waals surface area contributed by atoms with E-state index in [1.165, 1.54) is 0 Å². The zero-order chi connectivity index (χ0) is 11.4. The Kier molecular flexibility index (Phi) is 3.54. The highest BCUT2D eigenvalue weighted by Crippen LogP contribution is 2.31. The molecule has 1 fully saturated rings. The van der Waals surface area contributed by atoms with Crippen molar-refractivity contribution in [2.75, 3.05) is 6.61 Å². The van der Waals surface area contributed by atoms with Crippen LogP contribution < -0.4 is 4.74 Å². The molecule has 16 heavy (non-hydrogen) atoms. The first-order valence-corrected chi connectivity index (χ1v) is 5.89. The third kappa shape index (κ3) is 3.05. The minimum atomic E-state index is 0.364. The normalized spacial score (nSPS) is 14.8. The van der Waals surface area contributed by atoms with E-state index in [-0.39, 0.29) is 0 Å². The van der Waals surface area contributed by atoms with Gasteiger partial charge in [0, 0.05) is 18.5 Å². The van der Waals surface area contributed by atoms with E-state index in [9.17, 15) is 4.79 Å². The van der Waals surface area contributed by atoms with Crippen molar-refractivity contribution in [2.24, 2.45) is 5.92 Å². The topological polar surface area (TPSA) is 39.2 Å². The highest BCUT2D eigenvalue weighted by molar-refractivity contribution is 5.83. The van der Waals surface area contributed by atoms with E-state index in [0.29, 0.717) is 24.7 Å². The van der Waals surface area contributed by atoms with E-state index in [1.807, 2.05) is 19.2 Å². The Balaban J connectivity index is 1.87. The standard InChI is InChI=1S/C13H17NO2/c1-2-16-12-7-10(8-14-9-12)3-6-13(15)11-4-5-11/h7-9,11H,2-6H2,1H3. The number of hydrogen-bond donors (Lipinski definition) is 0. The summed E-state index contributed by atoms with van der Waals surface area (Å²) in [4.78, 5) is 15.6. The van der Waals surface area contributed by atoms with Crippen LogP contribution in [0.25, 0.3) is 0 Å². The second-order valence-electron chi connectivity index (χ2n) is 4.20. The fourth-order valence-electron chi connectivity index (χ4n) is 1.72. The molecule has 1 aromatic rings. The molecule has 1 aliphatic rings. The summed E-state index contributed by atoms with van der Waals surface area (Å²) in [6.07, 6.45) is 7.12. The molecular weight excluding hydrogens is 202 g/mol. The first-order chi connectivity index (χ1) is 7.79. The minimum Gasteiger partial charge on any atom is -0.492 e. The first kappa shape index (κ1) is 11.1. The molecule has 0 N–H and O–H groups in total. The number of aromatic nitrogens is 1. The average molecular weight is 219 g/mol. The Bertz CT molecular complexity index is 372. The maximum Gasteiger partial charge on any atom is 0.137 e. The van der Waals surface area contributed by atoms with Gasteiger partial charge in [0.05, 0.1) is 12.8 Å². The Morgan fingerprint density at radius 1 is 1.50 bits per heavy atom. The number of pyridine rings is 1. The molecule has 1 heterocycles. The van der Waals surface area contributed by atoms with Crippen molar-refractivity contribution in [1.29, 1.82) is 0 Å². The van der Waals surface area contributed by atoms with E-state index in [4.69, 9.17) is 4.74 Å². The SMILES string of the molecule is CCOc1cncc(CCC(=O)C2CC2)c1. The van der Waals surface area contributed by atoms with E-state index >= 15 is 0 Å². The molecule has 0 saturated heterocycles. The van der Waals surface area contributed by atoms with Gasteiger partial charge in [-0.1, -0.05) is 0 Å². The monoisotopic (exact) mass is 219 g/mol. The Labute approximate surface area is 95.8 Å². The number of carbonyl (C=O) groups excluding carboxylic acids is 1. The summed E-state index contributed by atoms with van der Waals surface area (Å²) in [5.74, 6) is 1.56. The van der Waals surface area contributed by atoms with Crippen molar-refractivity contribution in [3.05, 3.63) is 24.0 Å². The van der Waals surface area contributed by atoms with Gasteiger partial charge < -0.3 is 4.74 Å². The van der Waals surface area contributed by atoms with Crippen LogP contribution in [0.5, 0.6) is 5.75 Å². The van der Waals surface area contributed by atoms with Crippen LogP contribution in [-0.2, 0) is 11.2 Å². The largest absolute Gasteiger partial charge is 0.492 e. The summed E-state index contributed by atoms with van der Waals surface area (Å²) < 4.78 is 5.37. The van der Waals surface area contributed by atoms with Gasteiger partial charge in [-0.2, -0.15) is 0 Å². The molecule has 0 atom stereocenters. The first-order valence-electron chi connectivity index (χ1n) is 5.89. The van der Waals surface area contributed by atoms with Crippen LogP contribution in [0.1, 0.15) is 31.7 Å². The number of ketones is 1. The van der Waals surface area contributed by atoms with Gasteiger partial charge in [-0.15, -0.1) is 0 Å². The van der Waals surface area contributed by atoms with Gasteiger partial charge in [0.25, 0.3) is 0 Å². The van der Waals surface area contributed by atoms with Crippen molar-refractivity contribution in [3.63, 3.8) is 0 Å². The summed E-state index contributed by atoms with van der Waals surface area (Å²) in [6, 6.07) is 1.97. The fraction of sp³-hybridized carbons (Fsp3) is 0.538. The summed E-state index contributed by atoms with van der Waals surface area (Å²) in [7, 11) is 0. The zero-order valence-corrected chi connectivity index (χ0v) is 9.61. The van der Waals surface area contributed by atoms with Gasteiger partial charge in [0.2, 0.25) is 0 Å². The highest BCUT2D eigenvalue weighted by Gasteiger charge is 2.28. The maximum absolute atomic E-state index is 11.5. The van der Waals surface area contributed by atoms with Gasteiger partial charge in [0.15, 0.2) is 0 Å². The van der Waals surface area contributed by atoms with Gasteiger partial charge in [-0.05, 0) is 37.8 Å². The van der Waals surface area contributed by atoms with E-state index in [2.05, 4.69) is 4.98 Å². The molecule has 0 aliphatic heterocycles. The van der Waals surface area contributed by atoms with Crippen molar-refractivity contribution in [3.8, 4) is 5.75 Å². The third-order valence-electron chi connectivity index (χ3n) is 2.77. The summed E-state index contributed by atoms with van der Waals surface area (Å²) in [6.45, 7) is 2.59. The van der Waals surface area contributed by atoms with Crippen molar-refractivity contribution < 1.29 is 9.53 Å². The molecule has 2 rings (SSSR count). The molecule has 3 heteroatoms. The molecule has 0 bridgehead atoms. The fourth-order valence-corrected chi connectivity index (χ4v) is 1.72. The summed E-state index contributed by atoms with van der Waals surface area (Å²) in [5.41, 5.74) is 1.08. The minimum absolute atomic E-state index is 0.364. The quantitative estimate of drug-likeness (QED) is 0.737. The molecule has 3 nitrogen and oxygen atoms in total. The van der Waals surface area contributed by atoms with Crippen LogP contribution in [0, 0.1) is 5.92 Å². The lowest BCUT2D eigenvalue weighted by Crippen LogP contribution is -2.02. The molecular formula is C13H17NO2. The van der Waals surface area contributed by atoms with Crippen molar-refractivity contribution >= 4 is 5.78 Å². The smallest absolute Gasteiger partial charge is 0.137 e. The molecule has 1 aliphatic carbocycles. The Hall–Kier alpha value is -1.38. The van der Waals surface area contributed by atoms with Crippen LogP contribution in [0.3, 0.4) is 0 Å². The van der Waals surface area contributed by atoms with E-state index in [1.54, 1.807) is 6.20 Å². The number of ether oxygens (including phenoxy) is 1. The molecule has 86 valence electrons. The number of carbonyl (C=O) groups is 1. The lowest BCUT2D eigenvalue weighted by molar-refractivity contribution is -0.120. The van der Waals surface area contributed by atoms with Crippen LogP contribution >= 0.6 is 0 Å². The molecule has 0 radical (unpaired) electrons. The number of nitrogens with zero attached hydrogens (tertiary/aromatic N) is 1. The van der Waals surface area contributed by atoms with Crippen molar-refractivity contribution in [1.82, 2.24) is 4.98 Å². The van der Waals surface area contributed by atoms with E-state index in [0.717, 1.165) is 30.6 Å². The van der Waals surface area contributed by atoms with Gasteiger partial charge in [-0.25, -0.2) is 0 Å². The van der Waals surface area contributed by atoms with Crippen molar-refractivity contribution in [2.45, 2.75) is 32.6 Å². The number of aryl methyl sites for hydroxylation is 1. The molecule has 0 unspecified atom stereocenters. The molecule has 1 saturated carbocycles. The number of Topliss-reactive ketones (excluding diaryl/α,β-unsaturated/α-hetero) is 1. The number of hydrogen-bond acceptors (Lipinski definition) is 3. The predicted octanol–water partition coefficient (Wildman–Crippen LogP) is 2.39. The molecule has 0 spiro atoms.